The van der Waals surface area contributed by atoms with Crippen LogP contribution in [0.15, 0.2) is 54.5 Å². The minimum absolute atomic E-state index is 0.00625. The molecule has 27 heavy (non-hydrogen) atoms. The second-order valence-corrected chi connectivity index (χ2v) is 7.06. The van der Waals surface area contributed by atoms with Crippen LogP contribution in [0.3, 0.4) is 0 Å². The molecule has 0 bridgehead atoms. The first-order valence-electron chi connectivity index (χ1n) is 8.87. The fourth-order valence-corrected chi connectivity index (χ4v) is 3.59. The van der Waals surface area contributed by atoms with E-state index in [1.807, 2.05) is 36.4 Å². The van der Waals surface area contributed by atoms with Crippen LogP contribution in [0, 0.1) is 0 Å². The molecule has 1 aromatic carbocycles. The van der Waals surface area contributed by atoms with Gasteiger partial charge >= 0.3 is 0 Å². The van der Waals surface area contributed by atoms with Crippen molar-refractivity contribution < 1.29 is 14.6 Å². The van der Waals surface area contributed by atoms with Gasteiger partial charge in [-0.25, -0.2) is 0 Å². The first kappa shape index (κ1) is 19.4. The molecule has 0 radical (unpaired) electrons. The van der Waals surface area contributed by atoms with Crippen molar-refractivity contribution in [2.45, 2.75) is 6.42 Å². The molecular weight excluding hydrogens is 364 g/mol. The number of methoxy groups -OCH3 is 1. The van der Waals surface area contributed by atoms with Crippen LogP contribution in [0.25, 0.3) is 5.70 Å². The summed E-state index contributed by atoms with van der Waals surface area (Å²) in [5.41, 5.74) is 4.12. The number of aliphatic hydroxyl groups is 1. The predicted octanol–water partition coefficient (Wildman–Crippen LogP) is 4.37. The Balaban J connectivity index is 1.95. The fourth-order valence-electron chi connectivity index (χ4n) is 3.29. The molecule has 1 N–H and O–H groups in total. The van der Waals surface area contributed by atoms with Gasteiger partial charge in [-0.15, -0.1) is 0 Å². The number of benzene rings is 1. The Kier molecular flexibility index (Phi) is 5.82. The van der Waals surface area contributed by atoms with E-state index in [0.717, 1.165) is 35.7 Å². The third-order valence-corrected chi connectivity index (χ3v) is 5.03. The summed E-state index contributed by atoms with van der Waals surface area (Å²) in [6.07, 6.45) is 4.71. The molecule has 2 aliphatic heterocycles. The molecule has 0 amide bonds. The van der Waals surface area contributed by atoms with Gasteiger partial charge in [-0.2, -0.15) is 0 Å². The monoisotopic (exact) mass is 388 g/mol. The molecule has 3 rings (SSSR count). The second kappa shape index (κ2) is 8.11. The van der Waals surface area contributed by atoms with Crippen molar-refractivity contribution in [3.63, 3.8) is 0 Å². The first-order valence-corrected chi connectivity index (χ1v) is 9.24. The largest absolute Gasteiger partial charge is 0.508 e. The van der Waals surface area contributed by atoms with E-state index < -0.39 is 0 Å². The summed E-state index contributed by atoms with van der Waals surface area (Å²) in [5, 5.41) is 10.4. The van der Waals surface area contributed by atoms with Gasteiger partial charge in [-0.1, -0.05) is 24.8 Å². The smallest absolute Gasteiger partial charge is 0.130 e. The lowest BCUT2D eigenvalue weighted by atomic mass is 9.98. The van der Waals surface area contributed by atoms with Gasteiger partial charge < -0.3 is 24.4 Å². The number of halogens is 1. The van der Waals surface area contributed by atoms with Gasteiger partial charge in [-0.05, 0) is 24.1 Å². The van der Waals surface area contributed by atoms with E-state index in [0.29, 0.717) is 35.9 Å². The van der Waals surface area contributed by atoms with Crippen LogP contribution in [0.1, 0.15) is 12.0 Å². The van der Waals surface area contributed by atoms with E-state index in [1.54, 1.807) is 7.11 Å². The van der Waals surface area contributed by atoms with Crippen molar-refractivity contribution in [1.82, 2.24) is 4.90 Å². The highest BCUT2D eigenvalue weighted by Crippen LogP contribution is 2.41. The van der Waals surface area contributed by atoms with Crippen molar-refractivity contribution in [3.05, 3.63) is 65.1 Å². The highest BCUT2D eigenvalue weighted by Gasteiger charge is 2.26. The van der Waals surface area contributed by atoms with E-state index in [-0.39, 0.29) is 5.76 Å². The topological polar surface area (TPSA) is 45.2 Å². The summed E-state index contributed by atoms with van der Waals surface area (Å²) in [4.78, 5) is 4.14. The quantitative estimate of drug-likeness (QED) is 0.579. The zero-order chi connectivity index (χ0) is 19.6. The number of hydrogen-bond donors (Lipinski definition) is 1. The molecule has 0 aromatic heterocycles. The zero-order valence-electron chi connectivity index (χ0n) is 15.8. The van der Waals surface area contributed by atoms with Gasteiger partial charge in [0.2, 0.25) is 0 Å². The molecule has 0 saturated heterocycles. The lowest BCUT2D eigenvalue weighted by Gasteiger charge is -2.28. The molecule has 5 nitrogen and oxygen atoms in total. The van der Waals surface area contributed by atoms with Gasteiger partial charge in [0.15, 0.2) is 0 Å². The maximum Gasteiger partial charge on any atom is 0.130 e. The van der Waals surface area contributed by atoms with Crippen molar-refractivity contribution >= 4 is 23.0 Å². The van der Waals surface area contributed by atoms with Crippen molar-refractivity contribution in [2.75, 3.05) is 45.4 Å². The van der Waals surface area contributed by atoms with Gasteiger partial charge in [-0.3, -0.25) is 0 Å². The van der Waals surface area contributed by atoms with Gasteiger partial charge in [0.1, 0.15) is 18.1 Å². The summed E-state index contributed by atoms with van der Waals surface area (Å²) >= 11 is 6.60. The molecule has 2 heterocycles. The van der Waals surface area contributed by atoms with Crippen LogP contribution < -0.4 is 9.64 Å². The molecule has 0 fully saturated rings. The molecule has 6 heteroatoms. The number of hydrogen-bond acceptors (Lipinski definition) is 5. The number of ether oxygens (including phenoxy) is 2. The number of rotatable bonds is 6. The highest BCUT2D eigenvalue weighted by molar-refractivity contribution is 6.33. The van der Waals surface area contributed by atoms with Crippen molar-refractivity contribution in [3.8, 4) is 5.75 Å². The normalized spacial score (nSPS) is 15.8. The second-order valence-electron chi connectivity index (χ2n) is 6.65. The van der Waals surface area contributed by atoms with Crippen LogP contribution in [0.5, 0.6) is 5.75 Å². The van der Waals surface area contributed by atoms with Crippen LogP contribution in [-0.4, -0.2) is 50.5 Å². The minimum atomic E-state index is 0.00625. The lowest BCUT2D eigenvalue weighted by Crippen LogP contribution is -2.22. The Morgan fingerprint density at radius 2 is 2.22 bits per heavy atom. The molecule has 0 atom stereocenters. The fraction of sp³-hybridized carbons (Fsp3) is 0.333. The molecule has 0 spiro atoms. The molecular formula is C21H25ClN2O3. The molecule has 0 saturated carbocycles. The standard InChI is InChI=1S/C21H25ClN2O3/c1-14-10-19-16-11-18(22)20(23(3)6-5-8-26-4)12-21(16)27-9-7-24(19)13-17(14)15(2)25/h10-13,25H,1-2,5-9H2,3-4H3. The van der Waals surface area contributed by atoms with Crippen LogP contribution in [0.2, 0.25) is 5.02 Å². The summed E-state index contributed by atoms with van der Waals surface area (Å²) < 4.78 is 11.1. The predicted molar refractivity (Wildman–Crippen MR) is 110 cm³/mol. The average Bonchev–Trinajstić information content (AvgIpc) is 2.79. The molecule has 0 aliphatic carbocycles. The summed E-state index contributed by atoms with van der Waals surface area (Å²) in [5.74, 6) is 0.793. The Morgan fingerprint density at radius 1 is 1.44 bits per heavy atom. The van der Waals surface area contributed by atoms with Gasteiger partial charge in [0, 0.05) is 50.7 Å². The van der Waals surface area contributed by atoms with E-state index in [2.05, 4.69) is 18.1 Å². The average molecular weight is 389 g/mol. The van der Waals surface area contributed by atoms with E-state index >= 15 is 0 Å². The molecule has 1 aromatic rings. The zero-order valence-corrected chi connectivity index (χ0v) is 16.6. The number of fused-ring (bicyclic) bond motifs is 3. The van der Waals surface area contributed by atoms with Crippen LogP contribution in [0.4, 0.5) is 5.69 Å². The summed E-state index contributed by atoms with van der Waals surface area (Å²) in [6, 6.07) is 3.92. The van der Waals surface area contributed by atoms with Crippen molar-refractivity contribution in [2.24, 2.45) is 0 Å². The first-order chi connectivity index (χ1) is 12.9. The number of aliphatic hydroxyl groups excluding tert-OH is 1. The Labute approximate surface area is 165 Å². The Hall–Kier alpha value is -2.37. The van der Waals surface area contributed by atoms with Crippen LogP contribution >= 0.6 is 11.6 Å². The summed E-state index contributed by atoms with van der Waals surface area (Å²) in [7, 11) is 3.71. The maximum atomic E-state index is 9.79. The van der Waals surface area contributed by atoms with Gasteiger partial charge in [0.05, 0.1) is 23.0 Å². The number of nitrogens with zero attached hydrogens (tertiary/aromatic N) is 2. The molecule has 2 aliphatic rings. The number of anilines is 1. The van der Waals surface area contributed by atoms with Crippen molar-refractivity contribution in [1.29, 1.82) is 0 Å². The van der Waals surface area contributed by atoms with Crippen LogP contribution in [-0.2, 0) is 4.74 Å². The van der Waals surface area contributed by atoms with E-state index in [4.69, 9.17) is 21.1 Å². The number of allylic oxidation sites excluding steroid dienone is 2. The third-order valence-electron chi connectivity index (χ3n) is 4.73. The third kappa shape index (κ3) is 3.99. The van der Waals surface area contributed by atoms with Gasteiger partial charge in [0.25, 0.3) is 0 Å². The van der Waals surface area contributed by atoms with E-state index in [9.17, 15) is 5.11 Å². The SMILES string of the molecule is C=C(O)C1=CN2CCOc3cc(N(C)CCCOC)c(Cl)cc3C2=CC1=C. The Morgan fingerprint density at radius 3 is 2.93 bits per heavy atom. The van der Waals surface area contributed by atoms with E-state index in [1.165, 1.54) is 0 Å². The lowest BCUT2D eigenvalue weighted by molar-refractivity contribution is 0.196. The molecule has 0 unspecified atom stereocenters. The minimum Gasteiger partial charge on any atom is -0.508 e. The highest BCUT2D eigenvalue weighted by atomic mass is 35.5. The summed E-state index contributed by atoms with van der Waals surface area (Å²) in [6.45, 7) is 10.4. The maximum absolute atomic E-state index is 9.79. The molecule has 144 valence electrons. The Bertz CT molecular complexity index is 829.